The molecule has 0 N–H and O–H groups in total. The second-order valence-corrected chi connectivity index (χ2v) is 10.7. The molecule has 14 nitrogen and oxygen atoms in total. The Morgan fingerprint density at radius 1 is 1.05 bits per heavy atom. The van der Waals surface area contributed by atoms with E-state index in [9.17, 15) is 27.4 Å². The van der Waals surface area contributed by atoms with Crippen LogP contribution in [-0.2, 0) is 29.3 Å². The number of hydrogen-bond acceptors (Lipinski definition) is 13. The number of carbonyl (C=O) groups is 3. The van der Waals surface area contributed by atoms with Gasteiger partial charge in [0.1, 0.15) is 56.5 Å². The SMILES string of the molecule is O=C(CCCN1CCOc2cc3c(cc21)Oc1cc2c(cc1=N3)OCCN=2)ON1C(=O)CC(S(=O)(=O)[O-])C1=O. The van der Waals surface area contributed by atoms with E-state index in [2.05, 4.69) is 4.99 Å². The van der Waals surface area contributed by atoms with Gasteiger partial charge in [-0.25, -0.2) is 18.2 Å². The Morgan fingerprint density at radius 2 is 1.85 bits per heavy atom. The number of imide groups is 1. The molecule has 0 aliphatic carbocycles. The van der Waals surface area contributed by atoms with Crippen LogP contribution in [0.2, 0.25) is 0 Å². The van der Waals surface area contributed by atoms with Gasteiger partial charge in [0, 0.05) is 37.2 Å². The number of hydroxylamine groups is 2. The van der Waals surface area contributed by atoms with Gasteiger partial charge in [0.05, 0.1) is 25.2 Å². The number of benzene rings is 2. The highest BCUT2D eigenvalue weighted by Gasteiger charge is 2.45. The maximum Gasteiger partial charge on any atom is 0.333 e. The zero-order chi connectivity index (χ0) is 27.3. The Kier molecular flexibility index (Phi) is 6.10. The van der Waals surface area contributed by atoms with Crippen molar-refractivity contribution in [3.05, 3.63) is 35.0 Å². The average molecular weight is 558 g/mol. The van der Waals surface area contributed by atoms with E-state index < -0.39 is 39.6 Å². The van der Waals surface area contributed by atoms with Gasteiger partial charge in [-0.15, -0.1) is 5.06 Å². The number of hydrogen-bond donors (Lipinski definition) is 0. The first-order valence-corrected chi connectivity index (χ1v) is 13.6. The van der Waals surface area contributed by atoms with Crippen LogP contribution in [0.4, 0.5) is 11.4 Å². The first kappa shape index (κ1) is 25.1. The van der Waals surface area contributed by atoms with E-state index in [4.69, 9.17) is 24.0 Å². The smallest absolute Gasteiger partial charge is 0.333 e. The predicted molar refractivity (Wildman–Crippen MR) is 128 cm³/mol. The van der Waals surface area contributed by atoms with Crippen LogP contribution in [0.1, 0.15) is 19.3 Å². The fourth-order valence-electron chi connectivity index (χ4n) is 4.67. The lowest BCUT2D eigenvalue weighted by Gasteiger charge is -2.32. The van der Waals surface area contributed by atoms with E-state index >= 15 is 0 Å². The molecular formula is C24H21N4O10S-. The van der Waals surface area contributed by atoms with Gasteiger partial charge in [0.25, 0.3) is 11.8 Å². The molecule has 1 fully saturated rings. The maximum absolute atomic E-state index is 12.3. The highest BCUT2D eigenvalue weighted by Crippen LogP contribution is 2.44. The number of fused-ring (bicyclic) bond motifs is 4. The highest BCUT2D eigenvalue weighted by atomic mass is 32.2. The number of ether oxygens (including phenoxy) is 3. The topological polar surface area (TPSA) is 177 Å². The molecule has 1 unspecified atom stereocenters. The third-order valence-electron chi connectivity index (χ3n) is 6.54. The Bertz CT molecular complexity index is 1640. The summed E-state index contributed by atoms with van der Waals surface area (Å²) in [6, 6.07) is 7.18. The minimum atomic E-state index is -5.04. The molecule has 4 aliphatic rings. The molecule has 1 saturated heterocycles. The van der Waals surface area contributed by atoms with Crippen LogP contribution in [-0.4, -0.2) is 73.9 Å². The number of anilines is 1. The number of nitrogens with zero attached hydrogens (tertiary/aromatic N) is 4. The van der Waals surface area contributed by atoms with E-state index in [0.29, 0.717) is 72.2 Å². The molecular weight excluding hydrogens is 536 g/mol. The van der Waals surface area contributed by atoms with Crippen LogP contribution in [0.15, 0.2) is 34.3 Å². The largest absolute Gasteiger partial charge is 0.747 e. The summed E-state index contributed by atoms with van der Waals surface area (Å²) in [6.07, 6.45) is -0.730. The first-order chi connectivity index (χ1) is 18.7. The molecule has 0 saturated carbocycles. The summed E-state index contributed by atoms with van der Waals surface area (Å²) in [5.41, 5.74) is 1.34. The van der Waals surface area contributed by atoms with Crippen molar-refractivity contribution in [3.63, 3.8) is 0 Å². The zero-order valence-corrected chi connectivity index (χ0v) is 21.1. The van der Waals surface area contributed by atoms with E-state index in [0.717, 1.165) is 5.69 Å². The summed E-state index contributed by atoms with van der Waals surface area (Å²) >= 11 is 0. The van der Waals surface area contributed by atoms with Crippen molar-refractivity contribution in [2.24, 2.45) is 9.98 Å². The highest BCUT2D eigenvalue weighted by molar-refractivity contribution is 7.87. The van der Waals surface area contributed by atoms with E-state index in [1.54, 1.807) is 18.2 Å². The molecule has 39 heavy (non-hydrogen) atoms. The van der Waals surface area contributed by atoms with Crippen molar-refractivity contribution < 1.29 is 46.4 Å². The molecule has 6 rings (SSSR count). The van der Waals surface area contributed by atoms with E-state index in [1.807, 2.05) is 11.0 Å². The summed E-state index contributed by atoms with van der Waals surface area (Å²) in [5.74, 6) is -0.983. The molecule has 15 heteroatoms. The van der Waals surface area contributed by atoms with E-state index in [-0.39, 0.29) is 17.9 Å². The van der Waals surface area contributed by atoms with Crippen LogP contribution >= 0.6 is 0 Å². The molecule has 1 atom stereocenters. The number of amides is 2. The molecule has 4 aliphatic heterocycles. The van der Waals surface area contributed by atoms with Crippen molar-refractivity contribution >= 4 is 39.3 Å². The molecule has 2 amide bonds. The van der Waals surface area contributed by atoms with Crippen molar-refractivity contribution in [3.8, 4) is 23.0 Å². The van der Waals surface area contributed by atoms with Crippen LogP contribution in [0, 0.1) is 0 Å². The van der Waals surface area contributed by atoms with Gasteiger partial charge in [-0.05, 0) is 6.42 Å². The van der Waals surface area contributed by atoms with Crippen molar-refractivity contribution in [1.82, 2.24) is 5.06 Å². The molecule has 0 radical (unpaired) electrons. The van der Waals surface area contributed by atoms with Gasteiger partial charge in [-0.3, -0.25) is 14.6 Å². The van der Waals surface area contributed by atoms with Crippen molar-refractivity contribution in [2.75, 3.05) is 37.7 Å². The van der Waals surface area contributed by atoms with Gasteiger partial charge in [0.15, 0.2) is 11.5 Å². The molecule has 2 aromatic carbocycles. The summed E-state index contributed by atoms with van der Waals surface area (Å²) in [5, 5.41) is -0.689. The Labute approximate surface area is 221 Å². The van der Waals surface area contributed by atoms with Crippen molar-refractivity contribution in [2.45, 2.75) is 24.5 Å². The maximum atomic E-state index is 12.3. The summed E-state index contributed by atoms with van der Waals surface area (Å²) < 4.78 is 51.0. The van der Waals surface area contributed by atoms with Gasteiger partial charge in [-0.2, -0.15) is 0 Å². The van der Waals surface area contributed by atoms with Gasteiger partial charge in [0.2, 0.25) is 0 Å². The van der Waals surface area contributed by atoms with E-state index in [1.165, 1.54) is 0 Å². The first-order valence-electron chi connectivity index (χ1n) is 12.1. The predicted octanol–water partition coefficient (Wildman–Crippen LogP) is -0.134. The fourth-order valence-corrected chi connectivity index (χ4v) is 5.36. The molecule has 0 bridgehead atoms. The molecule has 2 aromatic rings. The second-order valence-electron chi connectivity index (χ2n) is 9.13. The normalized spacial score (nSPS) is 19.3. The second kappa shape index (κ2) is 9.50. The average Bonchev–Trinajstić information content (AvgIpc) is 3.18. The minimum absolute atomic E-state index is 0.0635. The minimum Gasteiger partial charge on any atom is -0.747 e. The lowest BCUT2D eigenvalue weighted by Crippen LogP contribution is -2.37. The van der Waals surface area contributed by atoms with Gasteiger partial charge in [-0.1, -0.05) is 0 Å². The van der Waals surface area contributed by atoms with Crippen LogP contribution in [0.5, 0.6) is 23.0 Å². The van der Waals surface area contributed by atoms with Crippen LogP contribution in [0.25, 0.3) is 0 Å². The summed E-state index contributed by atoms with van der Waals surface area (Å²) in [7, 11) is -5.04. The van der Waals surface area contributed by atoms with Gasteiger partial charge < -0.3 is 28.5 Å². The monoisotopic (exact) mass is 557 g/mol. The fraction of sp³-hybridized carbons (Fsp3) is 0.375. The third kappa shape index (κ3) is 4.74. The quantitative estimate of drug-likeness (QED) is 0.291. The molecule has 4 heterocycles. The Balaban J connectivity index is 1.12. The van der Waals surface area contributed by atoms with Crippen molar-refractivity contribution in [1.29, 1.82) is 0 Å². The lowest BCUT2D eigenvalue weighted by molar-refractivity contribution is -0.197. The van der Waals surface area contributed by atoms with Gasteiger partial charge >= 0.3 is 5.97 Å². The Hall–Kier alpha value is -4.24. The third-order valence-corrected chi connectivity index (χ3v) is 7.61. The molecule has 0 aromatic heterocycles. The lowest BCUT2D eigenvalue weighted by atomic mass is 10.1. The zero-order valence-electron chi connectivity index (χ0n) is 20.3. The Morgan fingerprint density at radius 3 is 2.64 bits per heavy atom. The summed E-state index contributed by atoms with van der Waals surface area (Å²) in [4.78, 5) is 52.0. The van der Waals surface area contributed by atoms with Crippen LogP contribution < -0.4 is 29.8 Å². The standard InChI is InChI=1S/C24H22N4O10S/c29-22-12-21(39(32,33)34)24(31)28(22)38-23(30)2-1-4-27-5-7-36-20-10-15-19(11-16(20)27)37-18-8-13-17(9-14(18)26-15)35-6-3-25-13/h8-11,21H,1-7,12H2,(H,32,33,34)/p-1. The molecule has 0 spiro atoms. The molecule has 204 valence electrons. The van der Waals surface area contributed by atoms with Crippen LogP contribution in [0.3, 0.4) is 0 Å². The number of rotatable bonds is 6. The summed E-state index contributed by atoms with van der Waals surface area (Å²) in [6.45, 7) is 2.42. The number of carbonyl (C=O) groups excluding carboxylic acids is 3.